The molecule has 35 heavy (non-hydrogen) atoms. The second kappa shape index (κ2) is 11.3. The predicted molar refractivity (Wildman–Crippen MR) is 142 cm³/mol. The lowest BCUT2D eigenvalue weighted by Gasteiger charge is -2.32. The van der Waals surface area contributed by atoms with Crippen LogP contribution in [0.2, 0.25) is 0 Å². The third-order valence-electron chi connectivity index (χ3n) is 6.01. The molecule has 0 bridgehead atoms. The molecule has 182 valence electrons. The van der Waals surface area contributed by atoms with E-state index in [1.165, 1.54) is 11.3 Å². The summed E-state index contributed by atoms with van der Waals surface area (Å²) in [6, 6.07) is 18.2. The molecule has 0 aliphatic carbocycles. The van der Waals surface area contributed by atoms with E-state index in [1.54, 1.807) is 10.6 Å². The summed E-state index contributed by atoms with van der Waals surface area (Å²) in [5.41, 5.74) is 1.18. The number of para-hydroxylation sites is 1. The Labute approximate surface area is 209 Å². The molecule has 1 unspecified atom stereocenters. The maximum atomic E-state index is 13.8. The van der Waals surface area contributed by atoms with E-state index in [0.717, 1.165) is 18.6 Å². The van der Waals surface area contributed by atoms with E-state index in [-0.39, 0.29) is 17.5 Å². The van der Waals surface area contributed by atoms with Gasteiger partial charge in [-0.3, -0.25) is 14.2 Å². The third kappa shape index (κ3) is 5.15. The number of unbranched alkanes of at least 4 members (excludes halogenated alkanes) is 1. The van der Waals surface area contributed by atoms with Crippen molar-refractivity contribution in [3.8, 4) is 11.4 Å². The first kappa shape index (κ1) is 24.7. The van der Waals surface area contributed by atoms with Crippen molar-refractivity contribution >= 4 is 28.1 Å². The Morgan fingerprint density at radius 2 is 1.83 bits per heavy atom. The number of aromatic nitrogens is 2. The Bertz CT molecular complexity index is 1330. The van der Waals surface area contributed by atoms with Crippen molar-refractivity contribution in [2.24, 2.45) is 0 Å². The number of carbonyl (C=O) groups excluding carboxylic acids is 1. The van der Waals surface area contributed by atoms with Crippen LogP contribution in [0.5, 0.6) is 5.75 Å². The maximum Gasteiger partial charge on any atom is 0.266 e. The smallest absolute Gasteiger partial charge is 0.266 e. The summed E-state index contributed by atoms with van der Waals surface area (Å²) in [6.07, 6.45) is 2.46. The number of rotatable bonds is 10. The van der Waals surface area contributed by atoms with Gasteiger partial charge in [-0.15, -0.1) is 11.3 Å². The fraction of sp³-hybridized carbons (Fsp3) is 0.321. The van der Waals surface area contributed by atoms with Crippen LogP contribution in [0.15, 0.2) is 70.8 Å². The topological polar surface area (TPSA) is 64.4 Å². The van der Waals surface area contributed by atoms with Gasteiger partial charge < -0.3 is 9.64 Å². The van der Waals surface area contributed by atoms with Crippen LogP contribution in [0.25, 0.3) is 16.6 Å². The zero-order chi connectivity index (χ0) is 24.8. The van der Waals surface area contributed by atoms with Crippen LogP contribution < -0.4 is 10.3 Å². The first-order valence-corrected chi connectivity index (χ1v) is 13.1. The predicted octanol–water partition coefficient (Wildman–Crippen LogP) is 6.24. The molecular formula is C28H31N3O3S. The molecule has 0 saturated heterocycles. The van der Waals surface area contributed by atoms with Gasteiger partial charge in [0, 0.05) is 6.54 Å². The number of fused-ring (bicyclic) bond motifs is 1. The molecule has 2 aromatic carbocycles. The highest BCUT2D eigenvalue weighted by atomic mass is 32.1. The van der Waals surface area contributed by atoms with E-state index in [9.17, 15) is 9.59 Å². The van der Waals surface area contributed by atoms with Gasteiger partial charge in [-0.25, -0.2) is 4.98 Å². The van der Waals surface area contributed by atoms with Crippen LogP contribution in [0, 0.1) is 0 Å². The van der Waals surface area contributed by atoms with E-state index in [0.29, 0.717) is 46.9 Å². The zero-order valence-corrected chi connectivity index (χ0v) is 21.3. The van der Waals surface area contributed by atoms with Crippen molar-refractivity contribution < 1.29 is 9.53 Å². The van der Waals surface area contributed by atoms with E-state index < -0.39 is 0 Å². The van der Waals surface area contributed by atoms with E-state index >= 15 is 0 Å². The standard InChI is InChI=1S/C28H31N3O3S/c1-4-7-18-30(28(33)25-13-10-19-35-25)24(5-2)26-29-23-12-9-8-11-22(23)27(32)31(26)20-14-16-21(17-15-20)34-6-3/h8-17,19,24H,4-7,18H2,1-3H3. The number of benzene rings is 2. The van der Waals surface area contributed by atoms with Gasteiger partial charge >= 0.3 is 0 Å². The lowest BCUT2D eigenvalue weighted by Crippen LogP contribution is -2.39. The summed E-state index contributed by atoms with van der Waals surface area (Å²) in [5.74, 6) is 1.28. The lowest BCUT2D eigenvalue weighted by molar-refractivity contribution is 0.0661. The Morgan fingerprint density at radius 3 is 2.49 bits per heavy atom. The van der Waals surface area contributed by atoms with Crippen LogP contribution in [0.1, 0.15) is 61.6 Å². The molecule has 0 saturated carbocycles. The number of hydrogen-bond donors (Lipinski definition) is 0. The van der Waals surface area contributed by atoms with Crippen molar-refractivity contribution in [3.63, 3.8) is 0 Å². The second-order valence-corrected chi connectivity index (χ2v) is 9.26. The molecule has 7 heteroatoms. The minimum atomic E-state index is -0.361. The minimum absolute atomic E-state index is 0.0269. The van der Waals surface area contributed by atoms with E-state index in [1.807, 2.05) is 78.7 Å². The summed E-state index contributed by atoms with van der Waals surface area (Å²) >= 11 is 1.43. The Hall–Kier alpha value is -3.45. The van der Waals surface area contributed by atoms with E-state index in [4.69, 9.17) is 9.72 Å². The van der Waals surface area contributed by atoms with Crippen LogP contribution >= 0.6 is 11.3 Å². The van der Waals surface area contributed by atoms with Gasteiger partial charge in [0.2, 0.25) is 0 Å². The summed E-state index contributed by atoms with van der Waals surface area (Å²) < 4.78 is 7.26. The Morgan fingerprint density at radius 1 is 1.06 bits per heavy atom. The molecule has 6 nitrogen and oxygen atoms in total. The zero-order valence-electron chi connectivity index (χ0n) is 20.4. The summed E-state index contributed by atoms with van der Waals surface area (Å²) in [6.45, 7) is 7.24. The normalized spacial score (nSPS) is 12.0. The van der Waals surface area contributed by atoms with Crippen molar-refractivity contribution in [3.05, 3.63) is 87.1 Å². The van der Waals surface area contributed by atoms with Crippen molar-refractivity contribution in [2.45, 2.75) is 46.1 Å². The molecule has 0 fully saturated rings. The number of nitrogens with zero attached hydrogens (tertiary/aromatic N) is 3. The highest BCUT2D eigenvalue weighted by Gasteiger charge is 2.29. The molecule has 4 rings (SSSR count). The summed E-state index contributed by atoms with van der Waals surface area (Å²) in [4.78, 5) is 35.0. The van der Waals surface area contributed by atoms with Gasteiger partial charge in [0.15, 0.2) is 0 Å². The fourth-order valence-corrected chi connectivity index (χ4v) is 4.97. The molecular weight excluding hydrogens is 458 g/mol. The highest BCUT2D eigenvalue weighted by Crippen LogP contribution is 2.29. The molecule has 0 radical (unpaired) electrons. The number of amides is 1. The fourth-order valence-electron chi connectivity index (χ4n) is 4.29. The molecule has 0 aliphatic rings. The first-order chi connectivity index (χ1) is 17.1. The van der Waals surface area contributed by atoms with Gasteiger partial charge in [-0.2, -0.15) is 0 Å². The average Bonchev–Trinajstić information content (AvgIpc) is 3.42. The first-order valence-electron chi connectivity index (χ1n) is 12.2. The van der Waals surface area contributed by atoms with Gasteiger partial charge in [-0.1, -0.05) is 38.5 Å². The monoisotopic (exact) mass is 489 g/mol. The van der Waals surface area contributed by atoms with Gasteiger partial charge in [0.1, 0.15) is 11.6 Å². The van der Waals surface area contributed by atoms with E-state index in [2.05, 4.69) is 6.92 Å². The van der Waals surface area contributed by atoms with Crippen LogP contribution in [-0.2, 0) is 0 Å². The van der Waals surface area contributed by atoms with Crippen molar-refractivity contribution in [1.29, 1.82) is 0 Å². The quantitative estimate of drug-likeness (QED) is 0.264. The SMILES string of the molecule is CCCCN(C(=O)c1cccs1)C(CC)c1nc2ccccc2c(=O)n1-c1ccc(OCC)cc1. The molecule has 2 aromatic heterocycles. The van der Waals surface area contributed by atoms with Gasteiger partial charge in [0.25, 0.3) is 11.5 Å². The molecule has 0 aliphatic heterocycles. The number of thiophene rings is 1. The molecule has 0 spiro atoms. The van der Waals surface area contributed by atoms with Gasteiger partial charge in [-0.05, 0) is 67.6 Å². The molecule has 2 heterocycles. The number of carbonyl (C=O) groups is 1. The minimum Gasteiger partial charge on any atom is -0.494 e. The van der Waals surface area contributed by atoms with Crippen LogP contribution in [0.3, 0.4) is 0 Å². The average molecular weight is 490 g/mol. The highest BCUT2D eigenvalue weighted by molar-refractivity contribution is 7.12. The van der Waals surface area contributed by atoms with Crippen molar-refractivity contribution in [2.75, 3.05) is 13.2 Å². The molecule has 0 N–H and O–H groups in total. The summed E-state index contributed by atoms with van der Waals surface area (Å²) in [7, 11) is 0. The Balaban J connectivity index is 1.91. The molecule has 1 amide bonds. The molecule has 1 atom stereocenters. The van der Waals surface area contributed by atoms with Crippen LogP contribution in [-0.4, -0.2) is 33.5 Å². The van der Waals surface area contributed by atoms with Gasteiger partial charge in [0.05, 0.1) is 34.1 Å². The second-order valence-electron chi connectivity index (χ2n) is 8.31. The lowest BCUT2D eigenvalue weighted by atomic mass is 10.1. The third-order valence-corrected chi connectivity index (χ3v) is 6.87. The molecule has 4 aromatic rings. The Kier molecular flexibility index (Phi) is 7.98. The maximum absolute atomic E-state index is 13.8. The number of hydrogen-bond acceptors (Lipinski definition) is 5. The van der Waals surface area contributed by atoms with Crippen molar-refractivity contribution in [1.82, 2.24) is 14.5 Å². The number of ether oxygens (including phenoxy) is 1. The van der Waals surface area contributed by atoms with Crippen LogP contribution in [0.4, 0.5) is 0 Å². The largest absolute Gasteiger partial charge is 0.494 e. The summed E-state index contributed by atoms with van der Waals surface area (Å²) in [5, 5.41) is 2.46.